The van der Waals surface area contributed by atoms with Crippen LogP contribution in [0.4, 0.5) is 0 Å². The van der Waals surface area contributed by atoms with Crippen molar-refractivity contribution in [2.24, 2.45) is 5.92 Å². The molecule has 1 saturated carbocycles. The first kappa shape index (κ1) is 20.3. The van der Waals surface area contributed by atoms with Crippen LogP contribution in [0.5, 0.6) is 0 Å². The zero-order chi connectivity index (χ0) is 19.7. The Hall–Kier alpha value is -0.990. The van der Waals surface area contributed by atoms with Crippen molar-refractivity contribution in [3.8, 4) is 0 Å². The lowest BCUT2D eigenvalue weighted by Gasteiger charge is -2.36. The van der Waals surface area contributed by atoms with Crippen molar-refractivity contribution in [2.75, 3.05) is 31.6 Å². The smallest absolute Gasteiger partial charge is 0.223 e. The predicted octanol–water partition coefficient (Wildman–Crippen LogP) is 2.66. The molecule has 1 aromatic heterocycles. The molecule has 1 atom stereocenters. The summed E-state index contributed by atoms with van der Waals surface area (Å²) in [6.45, 7) is 3.46. The predicted molar refractivity (Wildman–Crippen MR) is 111 cm³/mol. The van der Waals surface area contributed by atoms with Gasteiger partial charge in [-0.15, -0.1) is 11.3 Å². The van der Waals surface area contributed by atoms with E-state index >= 15 is 0 Å². The molecule has 0 N–H and O–H groups in total. The molecule has 28 heavy (non-hydrogen) atoms. The van der Waals surface area contributed by atoms with Crippen LogP contribution in [0.2, 0.25) is 0 Å². The summed E-state index contributed by atoms with van der Waals surface area (Å²) in [5.74, 6) is 0.907. The summed E-state index contributed by atoms with van der Waals surface area (Å²) < 4.78 is 23.1. The molecule has 0 spiro atoms. The van der Waals surface area contributed by atoms with E-state index in [-0.39, 0.29) is 23.6 Å². The van der Waals surface area contributed by atoms with Crippen molar-refractivity contribution in [2.45, 2.75) is 63.5 Å². The molecule has 8 heteroatoms. The number of piperidine rings is 1. The molecule has 6 nitrogen and oxygen atoms in total. The van der Waals surface area contributed by atoms with Crippen LogP contribution in [-0.2, 0) is 21.2 Å². The second-order valence-electron chi connectivity index (χ2n) is 8.87. The number of thiazole rings is 1. The third-order valence-electron chi connectivity index (χ3n) is 6.43. The third-order valence-corrected chi connectivity index (χ3v) is 8.57. The molecule has 1 aliphatic carbocycles. The van der Waals surface area contributed by atoms with Crippen molar-refractivity contribution >= 4 is 27.1 Å². The molecular weight excluding hydrogens is 394 g/mol. The number of hydrogen-bond donors (Lipinski definition) is 0. The van der Waals surface area contributed by atoms with E-state index in [0.717, 1.165) is 32.5 Å². The van der Waals surface area contributed by atoms with Gasteiger partial charge >= 0.3 is 0 Å². The van der Waals surface area contributed by atoms with E-state index in [0.29, 0.717) is 18.9 Å². The zero-order valence-electron chi connectivity index (χ0n) is 16.7. The van der Waals surface area contributed by atoms with E-state index in [9.17, 15) is 13.2 Å². The zero-order valence-corrected chi connectivity index (χ0v) is 18.3. The lowest BCUT2D eigenvalue weighted by Crippen LogP contribution is -2.45. The van der Waals surface area contributed by atoms with Gasteiger partial charge in [-0.3, -0.25) is 9.69 Å². The van der Waals surface area contributed by atoms with Crippen molar-refractivity contribution < 1.29 is 13.2 Å². The number of sulfone groups is 1. The molecule has 0 aromatic carbocycles. The highest BCUT2D eigenvalue weighted by Crippen LogP contribution is 2.36. The average molecular weight is 426 g/mol. The highest BCUT2D eigenvalue weighted by molar-refractivity contribution is 7.90. The highest BCUT2D eigenvalue weighted by Gasteiger charge is 2.37. The van der Waals surface area contributed by atoms with Crippen molar-refractivity contribution in [3.63, 3.8) is 0 Å². The quantitative estimate of drug-likeness (QED) is 0.701. The van der Waals surface area contributed by atoms with Crippen molar-refractivity contribution in [1.82, 2.24) is 14.8 Å². The topological polar surface area (TPSA) is 70.6 Å². The highest BCUT2D eigenvalue weighted by atomic mass is 32.2. The van der Waals surface area contributed by atoms with Gasteiger partial charge in [0.15, 0.2) is 0 Å². The van der Waals surface area contributed by atoms with E-state index in [2.05, 4.69) is 10.3 Å². The number of amides is 1. The summed E-state index contributed by atoms with van der Waals surface area (Å²) in [6, 6.07) is 0.262. The average Bonchev–Trinajstić information content (AvgIpc) is 3.35. The second-order valence-corrected chi connectivity index (χ2v) is 11.9. The van der Waals surface area contributed by atoms with Gasteiger partial charge in [0.25, 0.3) is 0 Å². The van der Waals surface area contributed by atoms with Crippen LogP contribution in [0, 0.1) is 5.92 Å². The normalized spacial score (nSPS) is 25.8. The summed E-state index contributed by atoms with van der Waals surface area (Å²) in [5.41, 5.74) is 1.19. The molecule has 3 heterocycles. The number of likely N-dealkylation sites (tertiary alicyclic amines) is 2. The molecule has 1 aromatic rings. The summed E-state index contributed by atoms with van der Waals surface area (Å²) >= 11 is 1.82. The molecule has 156 valence electrons. The lowest BCUT2D eigenvalue weighted by atomic mass is 10.0. The van der Waals surface area contributed by atoms with Crippen LogP contribution in [-0.4, -0.2) is 66.8 Å². The molecular formula is C20H31N3O3S2. The SMILES string of the molecule is CS(=O)(=O)CC1CC(=O)N(C2CCN(Cc3csc(C4CCCC4)n3)CC2)C1. The van der Waals surface area contributed by atoms with E-state index in [4.69, 9.17) is 4.98 Å². The Labute approximate surface area is 172 Å². The van der Waals surface area contributed by atoms with Crippen LogP contribution >= 0.6 is 11.3 Å². The molecule has 2 aliphatic heterocycles. The Bertz CT molecular complexity index is 793. The molecule has 2 saturated heterocycles. The van der Waals surface area contributed by atoms with Gasteiger partial charge in [-0.25, -0.2) is 13.4 Å². The Kier molecular flexibility index (Phi) is 6.09. The lowest BCUT2D eigenvalue weighted by molar-refractivity contribution is -0.130. The van der Waals surface area contributed by atoms with E-state index in [1.165, 1.54) is 42.6 Å². The number of hydrogen-bond acceptors (Lipinski definition) is 6. The molecule has 1 unspecified atom stereocenters. The van der Waals surface area contributed by atoms with Gasteiger partial charge in [-0.2, -0.15) is 0 Å². The summed E-state index contributed by atoms with van der Waals surface area (Å²) in [6.07, 6.45) is 8.85. The molecule has 4 rings (SSSR count). The first-order valence-corrected chi connectivity index (χ1v) is 13.5. The Morgan fingerprint density at radius 3 is 2.57 bits per heavy atom. The summed E-state index contributed by atoms with van der Waals surface area (Å²) in [4.78, 5) is 21.7. The van der Waals surface area contributed by atoms with Crippen LogP contribution in [0.15, 0.2) is 5.38 Å². The van der Waals surface area contributed by atoms with Crippen LogP contribution in [0.25, 0.3) is 0 Å². The van der Waals surface area contributed by atoms with Gasteiger partial charge in [0, 0.05) is 56.2 Å². The van der Waals surface area contributed by atoms with Crippen LogP contribution in [0.3, 0.4) is 0 Å². The Morgan fingerprint density at radius 2 is 1.89 bits per heavy atom. The van der Waals surface area contributed by atoms with E-state index in [1.807, 2.05) is 16.2 Å². The summed E-state index contributed by atoms with van der Waals surface area (Å²) in [5, 5.41) is 3.54. The minimum Gasteiger partial charge on any atom is -0.339 e. The number of aromatic nitrogens is 1. The first-order valence-electron chi connectivity index (χ1n) is 10.5. The van der Waals surface area contributed by atoms with E-state index in [1.54, 1.807) is 0 Å². The summed E-state index contributed by atoms with van der Waals surface area (Å²) in [7, 11) is -3.03. The van der Waals surface area contributed by atoms with Gasteiger partial charge in [-0.05, 0) is 31.6 Å². The van der Waals surface area contributed by atoms with Gasteiger partial charge in [0.1, 0.15) is 9.84 Å². The minimum absolute atomic E-state index is 0.0375. The largest absolute Gasteiger partial charge is 0.339 e. The monoisotopic (exact) mass is 425 g/mol. The fourth-order valence-electron chi connectivity index (χ4n) is 5.07. The fourth-order valence-corrected chi connectivity index (χ4v) is 7.14. The van der Waals surface area contributed by atoms with Gasteiger partial charge in [0.2, 0.25) is 5.91 Å². The molecule has 0 radical (unpaired) electrons. The molecule has 0 bridgehead atoms. The minimum atomic E-state index is -3.03. The van der Waals surface area contributed by atoms with Crippen molar-refractivity contribution in [3.05, 3.63) is 16.1 Å². The maximum atomic E-state index is 12.4. The van der Waals surface area contributed by atoms with Crippen LogP contribution in [0.1, 0.15) is 61.6 Å². The standard InChI is InChI=1S/C20H31N3O3S2/c1-28(25,26)14-15-10-19(24)23(11-15)18-6-8-22(9-7-18)12-17-13-27-20(21-17)16-4-2-3-5-16/h13,15-16,18H,2-12,14H2,1H3. The van der Waals surface area contributed by atoms with Crippen LogP contribution < -0.4 is 0 Å². The second kappa shape index (κ2) is 8.40. The number of carbonyl (C=O) groups excluding carboxylic acids is 1. The molecule has 3 aliphatic rings. The van der Waals surface area contributed by atoms with Crippen molar-refractivity contribution in [1.29, 1.82) is 0 Å². The Balaban J connectivity index is 1.26. The number of carbonyl (C=O) groups is 1. The maximum absolute atomic E-state index is 12.4. The molecule has 3 fully saturated rings. The molecule has 1 amide bonds. The first-order chi connectivity index (χ1) is 13.4. The number of nitrogens with zero attached hydrogens (tertiary/aromatic N) is 3. The van der Waals surface area contributed by atoms with Gasteiger partial charge in [-0.1, -0.05) is 12.8 Å². The fraction of sp³-hybridized carbons (Fsp3) is 0.800. The van der Waals surface area contributed by atoms with E-state index < -0.39 is 9.84 Å². The Morgan fingerprint density at radius 1 is 1.18 bits per heavy atom. The third kappa shape index (κ3) is 4.94. The van der Waals surface area contributed by atoms with Gasteiger partial charge in [0.05, 0.1) is 16.5 Å². The van der Waals surface area contributed by atoms with Gasteiger partial charge < -0.3 is 4.90 Å². The number of rotatable bonds is 6. The maximum Gasteiger partial charge on any atom is 0.223 e.